The summed E-state index contributed by atoms with van der Waals surface area (Å²) in [4.78, 5) is 51.0. The highest BCUT2D eigenvalue weighted by Crippen LogP contribution is 2.47. The molecule has 2 N–H and O–H groups in total. The van der Waals surface area contributed by atoms with Gasteiger partial charge in [0.15, 0.2) is 11.2 Å². The third-order valence-electron chi connectivity index (χ3n) is 7.15. The number of rotatable bonds is 7. The monoisotopic (exact) mass is 547 g/mol. The number of H-pyrrole nitrogens is 1. The van der Waals surface area contributed by atoms with Gasteiger partial charge in [-0.2, -0.15) is 4.98 Å². The molecule has 0 radical (unpaired) electrons. The molecule has 0 spiro atoms. The summed E-state index contributed by atoms with van der Waals surface area (Å²) in [6.07, 6.45) is 2.36. The molecule has 12 heteroatoms. The van der Waals surface area contributed by atoms with Crippen LogP contribution in [0.3, 0.4) is 0 Å². The molecule has 2 atom stereocenters. The number of hydrogen-bond donors (Lipinski definition) is 2. The summed E-state index contributed by atoms with van der Waals surface area (Å²) >= 11 is 6.30. The van der Waals surface area contributed by atoms with Gasteiger partial charge in [-0.1, -0.05) is 17.7 Å². The van der Waals surface area contributed by atoms with Gasteiger partial charge in [-0.15, -0.1) is 0 Å². The number of nitrogens with one attached hydrogen (secondary N) is 2. The summed E-state index contributed by atoms with van der Waals surface area (Å²) in [7, 11) is 3.31. The zero-order chi connectivity index (χ0) is 27.4. The van der Waals surface area contributed by atoms with Gasteiger partial charge in [0.05, 0.1) is 19.1 Å². The van der Waals surface area contributed by atoms with Crippen LogP contribution >= 0.6 is 11.6 Å². The molecule has 1 saturated carbocycles. The third-order valence-corrected chi connectivity index (χ3v) is 7.48. The molecule has 4 aromatic heterocycles. The highest BCUT2D eigenvalue weighted by Gasteiger charge is 2.46. The van der Waals surface area contributed by atoms with Crippen molar-refractivity contribution < 1.29 is 9.53 Å². The standard InChI is InChI=1S/C27H26ClN7O4/c1-4-39-25(37)17-12-16(17)21-11-14(8-9-29-21)31-26-32-23-22(33(26)2)24(36)35(27(38)34(23)3)13-15-10-18-19(28)6-5-7-20(18)30-15/h5-11,16-17,30H,4,12-13H2,1-3H3,(H,29,31,32)/t16-,17-/m1/s1. The number of ether oxygens (including phenoxy) is 1. The Balaban J connectivity index is 1.32. The molecule has 0 bridgehead atoms. The predicted molar refractivity (Wildman–Crippen MR) is 148 cm³/mol. The Kier molecular flexibility index (Phi) is 6.02. The van der Waals surface area contributed by atoms with Crippen molar-refractivity contribution in [3.8, 4) is 0 Å². The summed E-state index contributed by atoms with van der Waals surface area (Å²) in [5, 5.41) is 4.64. The number of halogens is 1. The molecule has 1 aliphatic carbocycles. The normalized spacial score (nSPS) is 16.6. The molecule has 0 saturated heterocycles. The van der Waals surface area contributed by atoms with E-state index >= 15 is 0 Å². The average Bonchev–Trinajstić information content (AvgIpc) is 3.51. The van der Waals surface area contributed by atoms with Gasteiger partial charge < -0.3 is 19.6 Å². The number of aryl methyl sites for hydroxylation is 2. The van der Waals surface area contributed by atoms with Crippen molar-refractivity contribution >= 4 is 51.3 Å². The van der Waals surface area contributed by atoms with Crippen LogP contribution in [0.1, 0.15) is 30.7 Å². The fourth-order valence-corrected chi connectivity index (χ4v) is 5.24. The number of aromatic nitrogens is 6. The SMILES string of the molecule is CCOC(=O)[C@@H]1C[C@H]1c1cc(Nc2nc3c(c(=O)n(Cc4cc5c(Cl)cccc5[nH]4)c(=O)n3C)n2C)ccn1. The lowest BCUT2D eigenvalue weighted by Crippen LogP contribution is -2.39. The van der Waals surface area contributed by atoms with Crippen LogP contribution in [0.4, 0.5) is 11.6 Å². The first kappa shape index (κ1) is 24.9. The maximum absolute atomic E-state index is 13.5. The summed E-state index contributed by atoms with van der Waals surface area (Å²) in [6.45, 7) is 2.19. The van der Waals surface area contributed by atoms with Crippen LogP contribution in [-0.2, 0) is 30.2 Å². The molecule has 0 amide bonds. The van der Waals surface area contributed by atoms with Crippen LogP contribution in [0, 0.1) is 5.92 Å². The number of carbonyl (C=O) groups excluding carboxylic acids is 1. The lowest BCUT2D eigenvalue weighted by atomic mass is 10.2. The van der Waals surface area contributed by atoms with E-state index in [-0.39, 0.29) is 35.5 Å². The van der Waals surface area contributed by atoms with E-state index < -0.39 is 11.2 Å². The third kappa shape index (κ3) is 4.28. The van der Waals surface area contributed by atoms with Gasteiger partial charge in [0.25, 0.3) is 5.56 Å². The Bertz CT molecular complexity index is 1880. The highest BCUT2D eigenvalue weighted by atomic mass is 35.5. The summed E-state index contributed by atoms with van der Waals surface area (Å²) in [6, 6.07) is 11.0. The molecular formula is C27H26ClN7O4. The number of carbonyl (C=O) groups is 1. The zero-order valence-electron chi connectivity index (χ0n) is 21.6. The molecule has 4 heterocycles. The van der Waals surface area contributed by atoms with E-state index in [0.717, 1.165) is 16.6 Å². The number of aromatic amines is 1. The molecule has 1 fully saturated rings. The maximum Gasteiger partial charge on any atom is 0.332 e. The molecule has 0 aliphatic heterocycles. The fourth-order valence-electron chi connectivity index (χ4n) is 5.02. The highest BCUT2D eigenvalue weighted by molar-refractivity contribution is 6.35. The Morgan fingerprint density at radius 2 is 2.03 bits per heavy atom. The lowest BCUT2D eigenvalue weighted by molar-refractivity contribution is -0.144. The summed E-state index contributed by atoms with van der Waals surface area (Å²) < 4.78 is 9.31. The number of nitrogens with zero attached hydrogens (tertiary/aromatic N) is 5. The van der Waals surface area contributed by atoms with Crippen molar-refractivity contribution in [2.24, 2.45) is 20.0 Å². The summed E-state index contributed by atoms with van der Waals surface area (Å²) in [5.74, 6) is 0.0245. The van der Waals surface area contributed by atoms with Crippen molar-refractivity contribution in [1.82, 2.24) is 28.7 Å². The van der Waals surface area contributed by atoms with E-state index in [1.54, 1.807) is 43.9 Å². The number of imidazole rings is 1. The van der Waals surface area contributed by atoms with Gasteiger partial charge in [0, 0.05) is 59.2 Å². The van der Waals surface area contributed by atoms with E-state index in [9.17, 15) is 14.4 Å². The van der Waals surface area contributed by atoms with Crippen LogP contribution in [0.5, 0.6) is 0 Å². The van der Waals surface area contributed by atoms with Crippen LogP contribution < -0.4 is 16.6 Å². The first-order valence-corrected chi connectivity index (χ1v) is 13.0. The molecule has 0 unspecified atom stereocenters. The van der Waals surface area contributed by atoms with Crippen LogP contribution in [-0.4, -0.2) is 41.2 Å². The van der Waals surface area contributed by atoms with E-state index in [2.05, 4.69) is 20.3 Å². The number of benzene rings is 1. The van der Waals surface area contributed by atoms with E-state index in [1.165, 1.54) is 9.13 Å². The molecule has 200 valence electrons. The first-order chi connectivity index (χ1) is 18.8. The molecule has 1 aromatic carbocycles. The van der Waals surface area contributed by atoms with Crippen LogP contribution in [0.2, 0.25) is 5.02 Å². The van der Waals surface area contributed by atoms with E-state index in [1.807, 2.05) is 24.3 Å². The van der Waals surface area contributed by atoms with Crippen molar-refractivity contribution in [3.05, 3.63) is 79.8 Å². The van der Waals surface area contributed by atoms with Gasteiger partial charge in [-0.05, 0) is 43.7 Å². The molecule has 11 nitrogen and oxygen atoms in total. The second kappa shape index (κ2) is 9.42. The first-order valence-electron chi connectivity index (χ1n) is 12.6. The number of pyridine rings is 1. The molecule has 5 aromatic rings. The van der Waals surface area contributed by atoms with Gasteiger partial charge in [-0.25, -0.2) is 4.79 Å². The van der Waals surface area contributed by atoms with Gasteiger partial charge in [0.2, 0.25) is 5.95 Å². The lowest BCUT2D eigenvalue weighted by Gasteiger charge is -2.08. The minimum atomic E-state index is -0.480. The smallest absolute Gasteiger partial charge is 0.332 e. The van der Waals surface area contributed by atoms with Crippen molar-refractivity contribution in [2.45, 2.75) is 25.8 Å². The summed E-state index contributed by atoms with van der Waals surface area (Å²) in [5.41, 5.74) is 2.61. The van der Waals surface area contributed by atoms with Crippen molar-refractivity contribution in [1.29, 1.82) is 0 Å². The molecular weight excluding hydrogens is 522 g/mol. The number of hydrogen-bond acceptors (Lipinski definition) is 7. The topological polar surface area (TPSA) is 129 Å². The number of esters is 1. The van der Waals surface area contributed by atoms with E-state index in [0.29, 0.717) is 35.4 Å². The van der Waals surface area contributed by atoms with Gasteiger partial charge in [-0.3, -0.25) is 23.7 Å². The zero-order valence-corrected chi connectivity index (χ0v) is 22.3. The van der Waals surface area contributed by atoms with Crippen LogP contribution in [0.25, 0.3) is 22.1 Å². The van der Waals surface area contributed by atoms with Gasteiger partial charge >= 0.3 is 11.7 Å². The second-order valence-electron chi connectivity index (χ2n) is 9.69. The Hall–Kier alpha value is -4.38. The van der Waals surface area contributed by atoms with Crippen molar-refractivity contribution in [2.75, 3.05) is 11.9 Å². The minimum absolute atomic E-state index is 0.0128. The number of fused-ring (bicyclic) bond motifs is 2. The van der Waals surface area contributed by atoms with Crippen molar-refractivity contribution in [3.63, 3.8) is 0 Å². The minimum Gasteiger partial charge on any atom is -0.466 e. The van der Waals surface area contributed by atoms with Gasteiger partial charge in [0.1, 0.15) is 0 Å². The Morgan fingerprint density at radius 3 is 2.79 bits per heavy atom. The largest absolute Gasteiger partial charge is 0.466 e. The molecule has 1 aliphatic rings. The number of anilines is 2. The van der Waals surface area contributed by atoms with E-state index in [4.69, 9.17) is 16.3 Å². The Morgan fingerprint density at radius 1 is 1.21 bits per heavy atom. The Labute approximate surface area is 227 Å². The molecule has 39 heavy (non-hydrogen) atoms. The molecule has 6 rings (SSSR count). The predicted octanol–water partition coefficient (Wildman–Crippen LogP) is 3.42. The second-order valence-corrected chi connectivity index (χ2v) is 10.1. The quantitative estimate of drug-likeness (QED) is 0.299. The maximum atomic E-state index is 13.5. The fraction of sp³-hybridized carbons (Fsp3) is 0.296. The average molecular weight is 548 g/mol. The van der Waals surface area contributed by atoms with Crippen LogP contribution in [0.15, 0.2) is 52.2 Å².